The number of carbonyl (C=O) groups excluding carboxylic acids is 2. The van der Waals surface area contributed by atoms with Gasteiger partial charge in [0.05, 0.1) is 6.04 Å². The largest absolute Gasteiger partial charge is 0.480 e. The molecule has 0 saturated heterocycles. The molecule has 0 spiro atoms. The van der Waals surface area contributed by atoms with E-state index in [-0.39, 0.29) is 5.92 Å². The summed E-state index contributed by atoms with van der Waals surface area (Å²) >= 11 is 0. The van der Waals surface area contributed by atoms with Crippen LogP contribution in [0.5, 0.6) is 0 Å². The number of carboxylic acid groups (broad SMARTS) is 1. The Hall–Kier alpha value is -1.67. The second-order valence-corrected chi connectivity index (χ2v) is 5.83. The van der Waals surface area contributed by atoms with Crippen LogP contribution in [0.4, 0.5) is 0 Å². The van der Waals surface area contributed by atoms with Gasteiger partial charge in [-0.05, 0) is 38.6 Å². The van der Waals surface area contributed by atoms with Crippen molar-refractivity contribution in [3.8, 4) is 0 Å². The zero-order chi connectivity index (χ0) is 18.0. The van der Waals surface area contributed by atoms with Gasteiger partial charge >= 0.3 is 5.97 Å². The highest BCUT2D eigenvalue weighted by Gasteiger charge is 2.27. The van der Waals surface area contributed by atoms with Crippen molar-refractivity contribution in [1.29, 1.82) is 0 Å². The van der Waals surface area contributed by atoms with E-state index in [0.29, 0.717) is 25.8 Å². The number of unbranched alkanes of at least 4 members (excludes halogenated alkanes) is 1. The van der Waals surface area contributed by atoms with Crippen molar-refractivity contribution < 1.29 is 19.5 Å². The number of hydrogen-bond acceptors (Lipinski definition) is 5. The van der Waals surface area contributed by atoms with Crippen LogP contribution < -0.4 is 22.1 Å². The summed E-state index contributed by atoms with van der Waals surface area (Å²) in [5, 5.41) is 13.9. The standard InChI is InChI=1S/C15H30N4O4/c1-4-9(2)12(17)14(21)19-11(7-5-6-8-16)13(20)18-10(3)15(22)23/h9-12H,4-8,16-17H2,1-3H3,(H,18,20)(H,19,21)(H,22,23). The van der Waals surface area contributed by atoms with Crippen molar-refractivity contribution >= 4 is 17.8 Å². The molecule has 134 valence electrons. The van der Waals surface area contributed by atoms with Gasteiger partial charge < -0.3 is 27.2 Å². The van der Waals surface area contributed by atoms with E-state index in [2.05, 4.69) is 10.6 Å². The van der Waals surface area contributed by atoms with Crippen LogP contribution in [0.2, 0.25) is 0 Å². The third kappa shape index (κ3) is 7.94. The molecule has 8 nitrogen and oxygen atoms in total. The van der Waals surface area contributed by atoms with Gasteiger partial charge in [0.2, 0.25) is 11.8 Å². The fourth-order valence-corrected chi connectivity index (χ4v) is 1.92. The minimum atomic E-state index is -1.14. The van der Waals surface area contributed by atoms with Crippen LogP contribution in [-0.4, -0.2) is 47.6 Å². The minimum absolute atomic E-state index is 0.0132. The molecule has 0 saturated carbocycles. The van der Waals surface area contributed by atoms with Crippen LogP contribution in [0.1, 0.15) is 46.5 Å². The Kier molecular flexibility index (Phi) is 10.2. The molecular formula is C15H30N4O4. The quantitative estimate of drug-likeness (QED) is 0.324. The number of carboxylic acids is 1. The number of rotatable bonds is 11. The molecule has 0 aliphatic heterocycles. The lowest BCUT2D eigenvalue weighted by Crippen LogP contribution is -2.55. The molecule has 2 amide bonds. The van der Waals surface area contributed by atoms with Crippen molar-refractivity contribution in [2.45, 2.75) is 64.6 Å². The predicted octanol–water partition coefficient (Wildman–Crippen LogP) is -0.437. The predicted molar refractivity (Wildman–Crippen MR) is 87.5 cm³/mol. The highest BCUT2D eigenvalue weighted by Crippen LogP contribution is 2.07. The molecule has 0 radical (unpaired) electrons. The molecular weight excluding hydrogens is 300 g/mol. The molecule has 0 heterocycles. The molecule has 8 heteroatoms. The summed E-state index contributed by atoms with van der Waals surface area (Å²) in [7, 11) is 0. The van der Waals surface area contributed by atoms with Gasteiger partial charge in [-0.1, -0.05) is 20.3 Å². The number of aliphatic carboxylic acids is 1. The Bertz CT molecular complexity index is 403. The molecule has 0 rings (SSSR count). The molecule has 0 aromatic rings. The number of nitrogens with two attached hydrogens (primary N) is 2. The van der Waals surface area contributed by atoms with E-state index in [0.717, 1.165) is 6.42 Å². The van der Waals surface area contributed by atoms with Crippen LogP contribution in [0.15, 0.2) is 0 Å². The lowest BCUT2D eigenvalue weighted by Gasteiger charge is -2.23. The molecule has 0 aromatic carbocycles. The van der Waals surface area contributed by atoms with Crippen LogP contribution in [0.3, 0.4) is 0 Å². The summed E-state index contributed by atoms with van der Waals surface area (Å²) in [5.41, 5.74) is 11.3. The van der Waals surface area contributed by atoms with Gasteiger partial charge in [-0.25, -0.2) is 0 Å². The van der Waals surface area contributed by atoms with Crippen LogP contribution in [-0.2, 0) is 14.4 Å². The van der Waals surface area contributed by atoms with Gasteiger partial charge in [0.15, 0.2) is 0 Å². The number of carbonyl (C=O) groups is 3. The van der Waals surface area contributed by atoms with Crippen molar-refractivity contribution in [3.63, 3.8) is 0 Å². The van der Waals surface area contributed by atoms with Crippen molar-refractivity contribution in [2.24, 2.45) is 17.4 Å². The molecule has 7 N–H and O–H groups in total. The van der Waals surface area contributed by atoms with Gasteiger partial charge in [0.25, 0.3) is 0 Å². The van der Waals surface area contributed by atoms with Gasteiger partial charge in [-0.15, -0.1) is 0 Å². The first-order chi connectivity index (χ1) is 10.7. The number of hydrogen-bond donors (Lipinski definition) is 5. The lowest BCUT2D eigenvalue weighted by molar-refractivity contribution is -0.141. The normalized spacial score (nSPS) is 16.0. The molecule has 4 unspecified atom stereocenters. The van der Waals surface area contributed by atoms with E-state index in [1.54, 1.807) is 0 Å². The third-order valence-electron chi connectivity index (χ3n) is 3.87. The van der Waals surface area contributed by atoms with Gasteiger partial charge in [-0.3, -0.25) is 14.4 Å². The number of nitrogens with one attached hydrogen (secondary N) is 2. The van der Waals surface area contributed by atoms with E-state index in [9.17, 15) is 14.4 Å². The zero-order valence-corrected chi connectivity index (χ0v) is 14.2. The first kappa shape index (κ1) is 21.3. The first-order valence-corrected chi connectivity index (χ1v) is 8.03. The SMILES string of the molecule is CCC(C)C(N)C(=O)NC(CCCCN)C(=O)NC(C)C(=O)O. The maximum absolute atomic E-state index is 12.2. The second-order valence-electron chi connectivity index (χ2n) is 5.83. The van der Waals surface area contributed by atoms with E-state index in [4.69, 9.17) is 16.6 Å². The summed E-state index contributed by atoms with van der Waals surface area (Å²) < 4.78 is 0. The van der Waals surface area contributed by atoms with E-state index >= 15 is 0 Å². The van der Waals surface area contributed by atoms with E-state index in [1.165, 1.54) is 6.92 Å². The average molecular weight is 330 g/mol. The summed E-state index contributed by atoms with van der Waals surface area (Å²) in [6.07, 6.45) is 2.49. The Balaban J connectivity index is 4.82. The molecule has 0 fully saturated rings. The zero-order valence-electron chi connectivity index (χ0n) is 14.2. The van der Waals surface area contributed by atoms with Crippen LogP contribution >= 0.6 is 0 Å². The Morgan fingerprint density at radius 2 is 1.70 bits per heavy atom. The fraction of sp³-hybridized carbons (Fsp3) is 0.800. The molecule has 0 aliphatic carbocycles. The number of amides is 2. The smallest absolute Gasteiger partial charge is 0.325 e. The highest BCUT2D eigenvalue weighted by atomic mass is 16.4. The van der Waals surface area contributed by atoms with Gasteiger partial charge in [0, 0.05) is 0 Å². The molecule has 23 heavy (non-hydrogen) atoms. The monoisotopic (exact) mass is 330 g/mol. The average Bonchev–Trinajstić information content (AvgIpc) is 2.51. The van der Waals surface area contributed by atoms with Gasteiger partial charge in [-0.2, -0.15) is 0 Å². The Morgan fingerprint density at radius 1 is 1.09 bits per heavy atom. The van der Waals surface area contributed by atoms with E-state index in [1.807, 2.05) is 13.8 Å². The van der Waals surface area contributed by atoms with Crippen LogP contribution in [0, 0.1) is 5.92 Å². The van der Waals surface area contributed by atoms with E-state index < -0.39 is 35.9 Å². The minimum Gasteiger partial charge on any atom is -0.480 e. The summed E-state index contributed by atoms with van der Waals surface area (Å²) in [6, 6.07) is -2.55. The Morgan fingerprint density at radius 3 is 2.17 bits per heavy atom. The summed E-state index contributed by atoms with van der Waals surface area (Å²) in [5.74, 6) is -2.08. The Labute approximate surface area is 137 Å². The van der Waals surface area contributed by atoms with Crippen molar-refractivity contribution in [1.82, 2.24) is 10.6 Å². The van der Waals surface area contributed by atoms with Crippen molar-refractivity contribution in [2.75, 3.05) is 6.54 Å². The van der Waals surface area contributed by atoms with Crippen molar-refractivity contribution in [3.05, 3.63) is 0 Å². The summed E-state index contributed by atoms with van der Waals surface area (Å²) in [6.45, 7) is 5.64. The molecule has 4 atom stereocenters. The molecule has 0 aromatic heterocycles. The first-order valence-electron chi connectivity index (χ1n) is 8.03. The maximum atomic E-state index is 12.2. The molecule has 0 aliphatic rings. The fourth-order valence-electron chi connectivity index (χ4n) is 1.92. The summed E-state index contributed by atoms with van der Waals surface area (Å²) in [4.78, 5) is 35.2. The second kappa shape index (κ2) is 11.0. The third-order valence-corrected chi connectivity index (χ3v) is 3.87. The topological polar surface area (TPSA) is 148 Å². The lowest BCUT2D eigenvalue weighted by atomic mass is 9.98. The molecule has 0 bridgehead atoms. The maximum Gasteiger partial charge on any atom is 0.325 e. The van der Waals surface area contributed by atoms with Crippen LogP contribution in [0.25, 0.3) is 0 Å². The highest BCUT2D eigenvalue weighted by molar-refractivity contribution is 5.91. The van der Waals surface area contributed by atoms with Gasteiger partial charge in [0.1, 0.15) is 12.1 Å².